The zero-order valence-corrected chi connectivity index (χ0v) is 10.5. The first-order chi connectivity index (χ1) is 8.56. The highest BCUT2D eigenvalue weighted by Crippen LogP contribution is 2.26. The topological polar surface area (TPSA) is 66.4 Å². The fourth-order valence-electron chi connectivity index (χ4n) is 2.24. The summed E-state index contributed by atoms with van der Waals surface area (Å²) in [6.07, 6.45) is 1.83. The molecule has 0 aromatic heterocycles. The van der Waals surface area contributed by atoms with Crippen LogP contribution < -0.4 is 5.32 Å². The van der Waals surface area contributed by atoms with Gasteiger partial charge in [0, 0.05) is 16.6 Å². The Morgan fingerprint density at radius 1 is 1.33 bits per heavy atom. The van der Waals surface area contributed by atoms with E-state index >= 15 is 0 Å². The second-order valence-corrected chi connectivity index (χ2v) is 4.97. The van der Waals surface area contributed by atoms with E-state index in [1.807, 2.05) is 0 Å². The highest BCUT2D eigenvalue weighted by molar-refractivity contribution is 6.30. The van der Waals surface area contributed by atoms with E-state index in [9.17, 15) is 9.59 Å². The smallest absolute Gasteiger partial charge is 0.306 e. The van der Waals surface area contributed by atoms with E-state index in [1.165, 1.54) is 0 Å². The van der Waals surface area contributed by atoms with Gasteiger partial charge < -0.3 is 10.4 Å². The summed E-state index contributed by atoms with van der Waals surface area (Å²) in [4.78, 5) is 22.7. The third-order valence-corrected chi connectivity index (χ3v) is 3.44. The second-order valence-electron chi connectivity index (χ2n) is 4.53. The number of carbonyl (C=O) groups excluding carboxylic acids is 1. The summed E-state index contributed by atoms with van der Waals surface area (Å²) in [6.45, 7) is 0. The molecule has 0 aliphatic heterocycles. The van der Waals surface area contributed by atoms with Crippen LogP contribution in [0, 0.1) is 5.92 Å². The Morgan fingerprint density at radius 2 is 2.11 bits per heavy atom. The Balaban J connectivity index is 1.95. The van der Waals surface area contributed by atoms with Gasteiger partial charge in [-0.15, -0.1) is 0 Å². The van der Waals surface area contributed by atoms with Crippen LogP contribution >= 0.6 is 11.6 Å². The quantitative estimate of drug-likeness (QED) is 0.883. The summed E-state index contributed by atoms with van der Waals surface area (Å²) < 4.78 is 0. The number of rotatable bonds is 3. The molecule has 1 aliphatic carbocycles. The number of carboxylic acid groups (broad SMARTS) is 1. The fraction of sp³-hybridized carbons (Fsp3) is 0.385. The average Bonchev–Trinajstić information content (AvgIpc) is 2.77. The molecule has 2 rings (SSSR count). The number of halogens is 1. The summed E-state index contributed by atoms with van der Waals surface area (Å²) in [7, 11) is 0. The van der Waals surface area contributed by atoms with Gasteiger partial charge in [-0.25, -0.2) is 0 Å². The van der Waals surface area contributed by atoms with Crippen molar-refractivity contribution in [1.29, 1.82) is 0 Å². The lowest BCUT2D eigenvalue weighted by molar-refractivity contribution is -0.141. The Morgan fingerprint density at radius 3 is 2.72 bits per heavy atom. The zero-order chi connectivity index (χ0) is 13.1. The lowest BCUT2D eigenvalue weighted by Crippen LogP contribution is -2.33. The molecule has 0 spiro atoms. The number of nitrogens with one attached hydrogen (secondary N) is 1. The van der Waals surface area contributed by atoms with Crippen molar-refractivity contribution in [3.63, 3.8) is 0 Å². The number of benzene rings is 1. The maximum atomic E-state index is 11.9. The number of hydrogen-bond donors (Lipinski definition) is 2. The van der Waals surface area contributed by atoms with Crippen molar-refractivity contribution >= 4 is 23.5 Å². The van der Waals surface area contributed by atoms with Crippen molar-refractivity contribution in [3.05, 3.63) is 34.9 Å². The van der Waals surface area contributed by atoms with Crippen LogP contribution in [0.15, 0.2) is 24.3 Å². The van der Waals surface area contributed by atoms with E-state index in [-0.39, 0.29) is 17.9 Å². The Kier molecular flexibility index (Phi) is 3.87. The molecule has 1 aromatic rings. The van der Waals surface area contributed by atoms with Gasteiger partial charge in [-0.3, -0.25) is 9.59 Å². The van der Waals surface area contributed by atoms with Gasteiger partial charge in [0.2, 0.25) is 0 Å². The molecular weight excluding hydrogens is 254 g/mol. The summed E-state index contributed by atoms with van der Waals surface area (Å²) in [5, 5.41) is 12.2. The first kappa shape index (κ1) is 12.9. The molecule has 2 unspecified atom stereocenters. The lowest BCUT2D eigenvalue weighted by Gasteiger charge is -2.12. The molecule has 1 fully saturated rings. The van der Waals surface area contributed by atoms with Crippen molar-refractivity contribution in [1.82, 2.24) is 5.32 Å². The zero-order valence-electron chi connectivity index (χ0n) is 9.73. The number of amides is 1. The predicted octanol–water partition coefficient (Wildman–Crippen LogP) is 2.32. The van der Waals surface area contributed by atoms with Crippen LogP contribution in [0.1, 0.15) is 29.6 Å². The van der Waals surface area contributed by atoms with Gasteiger partial charge in [-0.2, -0.15) is 0 Å². The monoisotopic (exact) mass is 267 g/mol. The predicted molar refractivity (Wildman–Crippen MR) is 67.7 cm³/mol. The summed E-state index contributed by atoms with van der Waals surface area (Å²) >= 11 is 5.81. The third kappa shape index (κ3) is 3.01. The molecule has 1 aliphatic rings. The molecule has 5 heteroatoms. The number of hydrogen-bond acceptors (Lipinski definition) is 2. The Bertz CT molecular complexity index is 475. The van der Waals surface area contributed by atoms with Crippen molar-refractivity contribution < 1.29 is 14.7 Å². The van der Waals surface area contributed by atoms with Gasteiger partial charge in [-0.1, -0.05) is 17.7 Å². The molecule has 1 amide bonds. The van der Waals surface area contributed by atoms with Crippen LogP contribution in [0.2, 0.25) is 5.02 Å². The van der Waals surface area contributed by atoms with Gasteiger partial charge in [0.1, 0.15) is 0 Å². The van der Waals surface area contributed by atoms with Crippen molar-refractivity contribution in [3.8, 4) is 0 Å². The van der Waals surface area contributed by atoms with Gasteiger partial charge in [0.05, 0.1) is 5.92 Å². The van der Waals surface area contributed by atoms with Crippen LogP contribution in [0.3, 0.4) is 0 Å². The average molecular weight is 268 g/mol. The maximum absolute atomic E-state index is 11.9. The maximum Gasteiger partial charge on any atom is 0.306 e. The van der Waals surface area contributed by atoms with Gasteiger partial charge >= 0.3 is 5.97 Å². The molecule has 1 aromatic carbocycles. The van der Waals surface area contributed by atoms with Crippen LogP contribution in [-0.4, -0.2) is 23.0 Å². The second kappa shape index (κ2) is 5.40. The molecule has 0 radical (unpaired) electrons. The molecule has 4 nitrogen and oxygen atoms in total. The summed E-state index contributed by atoms with van der Waals surface area (Å²) in [6, 6.07) is 6.64. The fourth-order valence-corrected chi connectivity index (χ4v) is 2.43. The van der Waals surface area contributed by atoms with Gasteiger partial charge in [0.15, 0.2) is 0 Å². The highest BCUT2D eigenvalue weighted by Gasteiger charge is 2.30. The first-order valence-corrected chi connectivity index (χ1v) is 6.23. The SMILES string of the molecule is O=C(NC1CCC(C(=O)O)C1)c1cccc(Cl)c1. The molecule has 2 atom stereocenters. The molecular formula is C13H14ClNO3. The minimum absolute atomic E-state index is 0.0578. The highest BCUT2D eigenvalue weighted by atomic mass is 35.5. The summed E-state index contributed by atoms with van der Waals surface area (Å²) in [5.74, 6) is -1.32. The van der Waals surface area contributed by atoms with E-state index in [0.717, 1.165) is 0 Å². The molecule has 0 heterocycles. The number of carboxylic acids is 1. The minimum atomic E-state index is -0.783. The molecule has 0 saturated heterocycles. The van der Waals surface area contributed by atoms with E-state index in [1.54, 1.807) is 24.3 Å². The largest absolute Gasteiger partial charge is 0.481 e. The van der Waals surface area contributed by atoms with Crippen molar-refractivity contribution in [2.24, 2.45) is 5.92 Å². The van der Waals surface area contributed by atoms with Crippen LogP contribution in [0.4, 0.5) is 0 Å². The van der Waals surface area contributed by atoms with Crippen molar-refractivity contribution in [2.45, 2.75) is 25.3 Å². The number of aliphatic carboxylic acids is 1. The van der Waals surface area contributed by atoms with Crippen LogP contribution in [-0.2, 0) is 4.79 Å². The molecule has 96 valence electrons. The Labute approximate surface area is 110 Å². The number of carbonyl (C=O) groups is 2. The van der Waals surface area contributed by atoms with E-state index < -0.39 is 5.97 Å². The van der Waals surface area contributed by atoms with E-state index in [4.69, 9.17) is 16.7 Å². The van der Waals surface area contributed by atoms with E-state index in [2.05, 4.69) is 5.32 Å². The molecule has 0 bridgehead atoms. The van der Waals surface area contributed by atoms with Gasteiger partial charge in [0.25, 0.3) is 5.91 Å². The minimum Gasteiger partial charge on any atom is -0.481 e. The lowest BCUT2D eigenvalue weighted by atomic mass is 10.1. The Hall–Kier alpha value is -1.55. The van der Waals surface area contributed by atoms with Crippen LogP contribution in [0.25, 0.3) is 0 Å². The first-order valence-electron chi connectivity index (χ1n) is 5.85. The summed E-state index contributed by atoms with van der Waals surface area (Å²) in [5.41, 5.74) is 0.501. The van der Waals surface area contributed by atoms with Gasteiger partial charge in [-0.05, 0) is 37.5 Å². The normalized spacial score (nSPS) is 22.7. The molecule has 18 heavy (non-hydrogen) atoms. The van der Waals surface area contributed by atoms with Crippen molar-refractivity contribution in [2.75, 3.05) is 0 Å². The molecule has 1 saturated carbocycles. The third-order valence-electron chi connectivity index (χ3n) is 3.20. The standard InChI is InChI=1S/C13H14ClNO3/c14-10-3-1-2-8(6-10)12(16)15-11-5-4-9(7-11)13(17)18/h1-3,6,9,11H,4-5,7H2,(H,15,16)(H,17,18). The van der Waals surface area contributed by atoms with Crippen LogP contribution in [0.5, 0.6) is 0 Å². The molecule has 2 N–H and O–H groups in total. The van der Waals surface area contributed by atoms with E-state index in [0.29, 0.717) is 29.8 Å².